The lowest BCUT2D eigenvalue weighted by Gasteiger charge is -2.12. The van der Waals surface area contributed by atoms with Gasteiger partial charge < -0.3 is 14.9 Å². The summed E-state index contributed by atoms with van der Waals surface area (Å²) in [5.41, 5.74) is 0.396. The Balaban J connectivity index is 2.42. The van der Waals surface area contributed by atoms with Crippen molar-refractivity contribution in [2.75, 3.05) is 13.7 Å². The molecule has 1 atom stereocenters. The number of aliphatic hydroxyl groups is 1. The van der Waals surface area contributed by atoms with E-state index in [2.05, 4.69) is 10.3 Å². The number of carboxylic acid groups (broad SMARTS) is 1. The molecule has 0 aliphatic heterocycles. The highest BCUT2D eigenvalue weighted by molar-refractivity contribution is 5.92. The molecule has 8 heteroatoms. The highest BCUT2D eigenvalue weighted by Gasteiger charge is 2.22. The number of aromatic nitrogens is 3. The summed E-state index contributed by atoms with van der Waals surface area (Å²) in [4.78, 5) is 11.2. The van der Waals surface area contributed by atoms with Gasteiger partial charge in [0.2, 0.25) is 0 Å². The molecular formula is C13H14FN3O4. The van der Waals surface area contributed by atoms with Crippen LogP contribution in [0.15, 0.2) is 24.3 Å². The molecule has 7 nitrogen and oxygen atoms in total. The molecule has 2 N–H and O–H groups in total. The Labute approximate surface area is 119 Å². The van der Waals surface area contributed by atoms with Gasteiger partial charge in [-0.3, -0.25) is 0 Å². The molecule has 0 saturated carbocycles. The summed E-state index contributed by atoms with van der Waals surface area (Å²) in [7, 11) is 1.44. The van der Waals surface area contributed by atoms with E-state index in [1.807, 2.05) is 0 Å². The van der Waals surface area contributed by atoms with E-state index in [0.29, 0.717) is 5.56 Å². The largest absolute Gasteiger partial charge is 0.476 e. The van der Waals surface area contributed by atoms with Gasteiger partial charge in [0.25, 0.3) is 0 Å². The van der Waals surface area contributed by atoms with E-state index in [0.717, 1.165) is 0 Å². The van der Waals surface area contributed by atoms with Gasteiger partial charge >= 0.3 is 5.97 Å². The standard InChI is InChI=1S/C13H14FN3O4/c1-21-7-10(18)6-17-12(11(13(19)20)15-16-17)8-2-4-9(14)5-3-8/h2-5,10,18H,6-7H2,1H3,(H,19,20). The van der Waals surface area contributed by atoms with Crippen molar-refractivity contribution in [1.82, 2.24) is 15.0 Å². The van der Waals surface area contributed by atoms with Gasteiger partial charge in [-0.15, -0.1) is 5.10 Å². The average Bonchev–Trinajstić information content (AvgIpc) is 2.83. The minimum atomic E-state index is -1.25. The average molecular weight is 295 g/mol. The summed E-state index contributed by atoms with van der Waals surface area (Å²) in [5.74, 6) is -1.68. The van der Waals surface area contributed by atoms with Crippen molar-refractivity contribution in [2.24, 2.45) is 0 Å². The lowest BCUT2D eigenvalue weighted by atomic mass is 10.1. The SMILES string of the molecule is COCC(O)Cn1nnc(C(=O)O)c1-c1ccc(F)cc1. The number of hydrogen-bond donors (Lipinski definition) is 2. The molecule has 1 aromatic heterocycles. The lowest BCUT2D eigenvalue weighted by Crippen LogP contribution is -2.22. The fraction of sp³-hybridized carbons (Fsp3) is 0.308. The Morgan fingerprint density at radius 1 is 1.43 bits per heavy atom. The number of carbonyl (C=O) groups is 1. The maximum Gasteiger partial charge on any atom is 0.358 e. The third-order valence-corrected chi connectivity index (χ3v) is 2.80. The van der Waals surface area contributed by atoms with E-state index >= 15 is 0 Å². The van der Waals surface area contributed by atoms with Gasteiger partial charge in [0.05, 0.1) is 19.3 Å². The number of hydrogen-bond acceptors (Lipinski definition) is 5. The van der Waals surface area contributed by atoms with Crippen LogP contribution >= 0.6 is 0 Å². The molecule has 1 heterocycles. The zero-order chi connectivity index (χ0) is 15.4. The topological polar surface area (TPSA) is 97.5 Å². The van der Waals surface area contributed by atoms with Crippen LogP contribution in [0.25, 0.3) is 11.3 Å². The lowest BCUT2D eigenvalue weighted by molar-refractivity contribution is 0.0513. The van der Waals surface area contributed by atoms with E-state index in [1.54, 1.807) is 0 Å². The number of nitrogens with zero attached hydrogens (tertiary/aromatic N) is 3. The van der Waals surface area contributed by atoms with Crippen molar-refractivity contribution in [3.05, 3.63) is 35.8 Å². The van der Waals surface area contributed by atoms with Crippen molar-refractivity contribution in [2.45, 2.75) is 12.6 Å². The molecule has 112 valence electrons. The molecule has 1 aromatic carbocycles. The summed E-state index contributed by atoms with van der Waals surface area (Å²) in [6.45, 7) is 0.0892. The summed E-state index contributed by atoms with van der Waals surface area (Å²) < 4.78 is 19.1. The van der Waals surface area contributed by atoms with E-state index in [4.69, 9.17) is 9.84 Å². The van der Waals surface area contributed by atoms with Crippen LogP contribution in [0.2, 0.25) is 0 Å². The van der Waals surface area contributed by atoms with Gasteiger partial charge in [-0.25, -0.2) is 13.9 Å². The monoisotopic (exact) mass is 295 g/mol. The number of aromatic carboxylic acids is 1. The number of methoxy groups -OCH3 is 1. The maximum absolute atomic E-state index is 13.0. The molecule has 0 spiro atoms. The molecule has 2 rings (SSSR count). The molecular weight excluding hydrogens is 281 g/mol. The fourth-order valence-corrected chi connectivity index (χ4v) is 1.92. The van der Waals surface area contributed by atoms with Crippen LogP contribution < -0.4 is 0 Å². The Kier molecular flexibility index (Phi) is 4.61. The zero-order valence-corrected chi connectivity index (χ0v) is 11.2. The summed E-state index contributed by atoms with van der Waals surface area (Å²) in [6.07, 6.45) is -0.863. The third-order valence-electron chi connectivity index (χ3n) is 2.80. The fourth-order valence-electron chi connectivity index (χ4n) is 1.92. The number of rotatable bonds is 6. The minimum Gasteiger partial charge on any atom is -0.476 e. The highest BCUT2D eigenvalue weighted by Crippen LogP contribution is 2.23. The van der Waals surface area contributed by atoms with Crippen molar-refractivity contribution in [1.29, 1.82) is 0 Å². The maximum atomic E-state index is 13.0. The van der Waals surface area contributed by atoms with Crippen LogP contribution in [0.4, 0.5) is 4.39 Å². The van der Waals surface area contributed by atoms with Gasteiger partial charge in [-0.1, -0.05) is 5.21 Å². The molecule has 0 aliphatic rings. The van der Waals surface area contributed by atoms with E-state index in [-0.39, 0.29) is 24.5 Å². The van der Waals surface area contributed by atoms with E-state index in [1.165, 1.54) is 36.1 Å². The van der Waals surface area contributed by atoms with Crippen LogP contribution in [-0.4, -0.2) is 51.0 Å². The number of ether oxygens (including phenoxy) is 1. The van der Waals surface area contributed by atoms with Crippen LogP contribution in [0.1, 0.15) is 10.5 Å². The molecule has 2 aromatic rings. The van der Waals surface area contributed by atoms with Crippen LogP contribution in [0.5, 0.6) is 0 Å². The summed E-state index contributed by atoms with van der Waals surface area (Å²) in [5, 5.41) is 26.2. The van der Waals surface area contributed by atoms with Gasteiger partial charge in [-0.2, -0.15) is 0 Å². The molecule has 0 amide bonds. The van der Waals surface area contributed by atoms with Crippen LogP contribution in [0.3, 0.4) is 0 Å². The number of carboxylic acids is 1. The van der Waals surface area contributed by atoms with Gasteiger partial charge in [0.15, 0.2) is 5.69 Å². The molecule has 0 radical (unpaired) electrons. The number of benzene rings is 1. The van der Waals surface area contributed by atoms with Gasteiger partial charge in [0.1, 0.15) is 11.5 Å². The van der Waals surface area contributed by atoms with Gasteiger partial charge in [-0.05, 0) is 24.3 Å². The smallest absolute Gasteiger partial charge is 0.358 e. The first kappa shape index (κ1) is 15.1. The summed E-state index contributed by atoms with van der Waals surface area (Å²) in [6, 6.07) is 5.28. The molecule has 21 heavy (non-hydrogen) atoms. The van der Waals surface area contributed by atoms with Crippen LogP contribution in [0, 0.1) is 5.82 Å². The second-order valence-corrected chi connectivity index (χ2v) is 4.39. The number of aliphatic hydroxyl groups excluding tert-OH is 1. The first-order valence-corrected chi connectivity index (χ1v) is 6.12. The van der Waals surface area contributed by atoms with Gasteiger partial charge in [0, 0.05) is 12.7 Å². The summed E-state index contributed by atoms with van der Waals surface area (Å²) >= 11 is 0. The van der Waals surface area contributed by atoms with Crippen LogP contribution in [-0.2, 0) is 11.3 Å². The van der Waals surface area contributed by atoms with Crippen molar-refractivity contribution >= 4 is 5.97 Å². The third kappa shape index (κ3) is 3.41. The van der Waals surface area contributed by atoms with Crippen molar-refractivity contribution < 1.29 is 24.1 Å². The Bertz CT molecular complexity index is 627. The first-order valence-electron chi connectivity index (χ1n) is 6.12. The normalized spacial score (nSPS) is 12.3. The quantitative estimate of drug-likeness (QED) is 0.817. The second-order valence-electron chi connectivity index (χ2n) is 4.39. The van der Waals surface area contributed by atoms with Crippen molar-refractivity contribution in [3.63, 3.8) is 0 Å². The minimum absolute atomic E-state index is 0.0147. The predicted octanol–water partition coefficient (Wildman–Crippen LogP) is 0.790. The van der Waals surface area contributed by atoms with Crippen molar-refractivity contribution in [3.8, 4) is 11.3 Å². The van der Waals surface area contributed by atoms with E-state index < -0.39 is 17.9 Å². The molecule has 0 fully saturated rings. The Morgan fingerprint density at radius 3 is 2.67 bits per heavy atom. The Hall–Kier alpha value is -2.32. The molecule has 0 bridgehead atoms. The zero-order valence-electron chi connectivity index (χ0n) is 11.2. The number of halogens is 1. The van der Waals surface area contributed by atoms with E-state index in [9.17, 15) is 14.3 Å². The second kappa shape index (κ2) is 6.42. The molecule has 0 aliphatic carbocycles. The molecule has 0 saturated heterocycles. The highest BCUT2D eigenvalue weighted by atomic mass is 19.1. The Morgan fingerprint density at radius 2 is 2.10 bits per heavy atom. The first-order chi connectivity index (χ1) is 10.0. The molecule has 1 unspecified atom stereocenters. The predicted molar refractivity (Wildman–Crippen MR) is 70.3 cm³/mol.